The van der Waals surface area contributed by atoms with E-state index in [0.717, 1.165) is 33.2 Å². The van der Waals surface area contributed by atoms with E-state index in [0.29, 0.717) is 36.6 Å². The highest BCUT2D eigenvalue weighted by molar-refractivity contribution is 6.00. The van der Waals surface area contributed by atoms with Crippen molar-refractivity contribution in [2.75, 3.05) is 5.32 Å². The van der Waals surface area contributed by atoms with Gasteiger partial charge in [0.1, 0.15) is 12.4 Å². The Morgan fingerprint density at radius 1 is 0.786 bits per heavy atom. The Kier molecular flexibility index (Phi) is 8.98. The molecule has 0 aliphatic rings. The fourth-order valence-corrected chi connectivity index (χ4v) is 5.38. The zero-order valence-corrected chi connectivity index (χ0v) is 23.9. The highest BCUT2D eigenvalue weighted by Crippen LogP contribution is 2.33. The number of nitrogens with one attached hydrogen (secondary N) is 1. The van der Waals surface area contributed by atoms with Gasteiger partial charge in [0, 0.05) is 12.1 Å². The van der Waals surface area contributed by atoms with Crippen LogP contribution in [0.25, 0.3) is 10.8 Å². The third-order valence-corrected chi connectivity index (χ3v) is 7.43. The Bertz CT molecular complexity index is 1690. The number of fused-ring (bicyclic) bond motifs is 1. The van der Waals surface area contributed by atoms with Crippen LogP contribution in [0.2, 0.25) is 0 Å². The zero-order chi connectivity index (χ0) is 29.5. The van der Waals surface area contributed by atoms with Gasteiger partial charge in [0.05, 0.1) is 11.5 Å². The van der Waals surface area contributed by atoms with Gasteiger partial charge in [-0.1, -0.05) is 105 Å². The molecule has 5 nitrogen and oxygen atoms in total. The van der Waals surface area contributed by atoms with E-state index in [-0.39, 0.29) is 17.4 Å². The second-order valence-electron chi connectivity index (χ2n) is 11.0. The van der Waals surface area contributed by atoms with Crippen LogP contribution in [0.5, 0.6) is 5.75 Å². The maximum Gasteiger partial charge on any atom is 0.335 e. The molecule has 5 rings (SSSR count). The molecule has 1 amide bonds. The van der Waals surface area contributed by atoms with Crippen LogP contribution in [0.3, 0.4) is 0 Å². The number of rotatable bonds is 11. The van der Waals surface area contributed by atoms with E-state index in [4.69, 9.17) is 4.74 Å². The minimum absolute atomic E-state index is 0.0889. The number of carboxylic acid groups (broad SMARTS) is 1. The first-order valence-corrected chi connectivity index (χ1v) is 14.3. The van der Waals surface area contributed by atoms with Crippen molar-refractivity contribution in [2.24, 2.45) is 5.92 Å². The Balaban J connectivity index is 1.50. The van der Waals surface area contributed by atoms with Crippen LogP contribution in [0.1, 0.15) is 58.8 Å². The number of carbonyl (C=O) groups excluding carboxylic acids is 1. The van der Waals surface area contributed by atoms with Gasteiger partial charge < -0.3 is 15.2 Å². The summed E-state index contributed by atoms with van der Waals surface area (Å²) in [7, 11) is 0. The van der Waals surface area contributed by atoms with E-state index in [9.17, 15) is 14.7 Å². The quantitative estimate of drug-likeness (QED) is 0.171. The number of carbonyl (C=O) groups is 2. The highest BCUT2D eigenvalue weighted by atomic mass is 16.5. The number of hydrogen-bond acceptors (Lipinski definition) is 3. The third-order valence-electron chi connectivity index (χ3n) is 7.43. The molecule has 42 heavy (non-hydrogen) atoms. The number of amides is 1. The second kappa shape index (κ2) is 13.2. The van der Waals surface area contributed by atoms with Crippen LogP contribution in [-0.4, -0.2) is 17.0 Å². The largest absolute Gasteiger partial charge is 0.489 e. The lowest BCUT2D eigenvalue weighted by Crippen LogP contribution is -2.23. The van der Waals surface area contributed by atoms with Crippen molar-refractivity contribution in [2.45, 2.75) is 39.2 Å². The first-order valence-electron chi connectivity index (χ1n) is 14.3. The Labute approximate surface area is 246 Å². The Hall–Kier alpha value is -4.90. The molecule has 2 N–H and O–H groups in total. The molecule has 1 unspecified atom stereocenters. The Morgan fingerprint density at radius 2 is 1.50 bits per heavy atom. The molecule has 0 spiro atoms. The fourth-order valence-electron chi connectivity index (χ4n) is 5.38. The van der Waals surface area contributed by atoms with E-state index in [1.54, 1.807) is 12.1 Å². The van der Waals surface area contributed by atoms with Crippen molar-refractivity contribution in [3.8, 4) is 5.75 Å². The molecule has 0 aromatic heterocycles. The van der Waals surface area contributed by atoms with Crippen LogP contribution in [0.15, 0.2) is 115 Å². The lowest BCUT2D eigenvalue weighted by Gasteiger charge is -2.22. The fraction of sp³-hybridized carbons (Fsp3) is 0.189. The molecule has 5 aromatic carbocycles. The summed E-state index contributed by atoms with van der Waals surface area (Å²) < 4.78 is 5.99. The van der Waals surface area contributed by atoms with Gasteiger partial charge in [-0.05, 0) is 69.6 Å². The standard InChI is InChI=1S/C37H35NO4/c1-25(2)21-34(33-18-10-13-27-11-6-8-16-31(27)33)36(39)38-35-22-26(24-42-30-14-4-3-5-15-30)19-20-29(35)23-28-12-7-9-17-32(28)37(40)41/h3-20,22,25,34H,21,23-24H2,1-2H3,(H,38,39)(H,40,41). The molecule has 5 heteroatoms. The van der Waals surface area contributed by atoms with Crippen molar-refractivity contribution in [1.82, 2.24) is 0 Å². The number of ether oxygens (including phenoxy) is 1. The smallest absolute Gasteiger partial charge is 0.335 e. The lowest BCUT2D eigenvalue weighted by molar-refractivity contribution is -0.117. The van der Waals surface area contributed by atoms with Gasteiger partial charge in [-0.3, -0.25) is 4.79 Å². The molecule has 0 aliphatic heterocycles. The topological polar surface area (TPSA) is 75.6 Å². The van der Waals surface area contributed by atoms with Gasteiger partial charge in [0.2, 0.25) is 5.91 Å². The van der Waals surface area contributed by atoms with Gasteiger partial charge in [-0.2, -0.15) is 0 Å². The SMILES string of the molecule is CC(C)CC(C(=O)Nc1cc(COc2ccccc2)ccc1Cc1ccccc1C(=O)O)c1cccc2ccccc12. The summed E-state index contributed by atoms with van der Waals surface area (Å²) in [6.45, 7) is 4.58. The first-order chi connectivity index (χ1) is 20.4. The van der Waals surface area contributed by atoms with Gasteiger partial charge >= 0.3 is 5.97 Å². The molecule has 0 radical (unpaired) electrons. The molecule has 5 aromatic rings. The van der Waals surface area contributed by atoms with Gasteiger partial charge in [0.25, 0.3) is 0 Å². The van der Waals surface area contributed by atoms with Crippen LogP contribution < -0.4 is 10.1 Å². The zero-order valence-electron chi connectivity index (χ0n) is 23.9. The minimum atomic E-state index is -0.975. The lowest BCUT2D eigenvalue weighted by atomic mass is 9.86. The van der Waals surface area contributed by atoms with Gasteiger partial charge in [0.15, 0.2) is 0 Å². The number of aromatic carboxylic acids is 1. The molecule has 0 saturated carbocycles. The minimum Gasteiger partial charge on any atom is -0.489 e. The van der Waals surface area contributed by atoms with Crippen molar-refractivity contribution in [3.63, 3.8) is 0 Å². The molecule has 0 aliphatic carbocycles. The average Bonchev–Trinajstić information content (AvgIpc) is 3.00. The van der Waals surface area contributed by atoms with Crippen molar-refractivity contribution in [3.05, 3.63) is 143 Å². The summed E-state index contributed by atoms with van der Waals surface area (Å²) in [5.41, 5.74) is 4.32. The van der Waals surface area contributed by atoms with Crippen molar-refractivity contribution < 1.29 is 19.4 Å². The molecule has 0 fully saturated rings. The Morgan fingerprint density at radius 3 is 2.29 bits per heavy atom. The van der Waals surface area contributed by atoms with Crippen LogP contribution in [-0.2, 0) is 17.8 Å². The molecule has 0 bridgehead atoms. The summed E-state index contributed by atoms with van der Waals surface area (Å²) in [5.74, 6) is -0.367. The molecule has 1 atom stereocenters. The van der Waals surface area contributed by atoms with Crippen LogP contribution >= 0.6 is 0 Å². The molecular formula is C37H35NO4. The second-order valence-corrected chi connectivity index (χ2v) is 11.0. The maximum atomic E-state index is 14.1. The summed E-state index contributed by atoms with van der Waals surface area (Å²) >= 11 is 0. The maximum absolute atomic E-state index is 14.1. The van der Waals surface area contributed by atoms with Gasteiger partial charge in [-0.25, -0.2) is 4.79 Å². The van der Waals surface area contributed by atoms with E-state index >= 15 is 0 Å². The van der Waals surface area contributed by atoms with Crippen LogP contribution in [0, 0.1) is 5.92 Å². The van der Waals surface area contributed by atoms with E-state index in [1.807, 2.05) is 84.9 Å². The number of hydrogen-bond donors (Lipinski definition) is 2. The van der Waals surface area contributed by atoms with E-state index < -0.39 is 5.97 Å². The third kappa shape index (κ3) is 6.87. The molecule has 0 heterocycles. The number of benzene rings is 5. The first kappa shape index (κ1) is 28.6. The highest BCUT2D eigenvalue weighted by Gasteiger charge is 2.25. The van der Waals surface area contributed by atoms with Crippen molar-refractivity contribution in [1.29, 1.82) is 0 Å². The van der Waals surface area contributed by atoms with E-state index in [2.05, 4.69) is 37.4 Å². The normalized spacial score (nSPS) is 11.8. The number of carboxylic acids is 1. The number of para-hydroxylation sites is 1. The predicted molar refractivity (Wildman–Crippen MR) is 168 cm³/mol. The summed E-state index contributed by atoms with van der Waals surface area (Å²) in [6.07, 6.45) is 1.05. The number of anilines is 1. The van der Waals surface area contributed by atoms with E-state index in [1.165, 1.54) is 0 Å². The van der Waals surface area contributed by atoms with Crippen molar-refractivity contribution >= 4 is 28.3 Å². The molecular weight excluding hydrogens is 522 g/mol. The average molecular weight is 558 g/mol. The summed E-state index contributed by atoms with van der Waals surface area (Å²) in [5, 5.41) is 15.2. The molecule has 212 valence electrons. The summed E-state index contributed by atoms with van der Waals surface area (Å²) in [6, 6.07) is 36.7. The van der Waals surface area contributed by atoms with Gasteiger partial charge in [-0.15, -0.1) is 0 Å². The monoisotopic (exact) mass is 557 g/mol. The van der Waals surface area contributed by atoms with Crippen LogP contribution in [0.4, 0.5) is 5.69 Å². The molecule has 0 saturated heterocycles. The predicted octanol–water partition coefficient (Wildman–Crippen LogP) is 8.48. The summed E-state index contributed by atoms with van der Waals surface area (Å²) in [4.78, 5) is 26.0.